The third-order valence-electron chi connectivity index (χ3n) is 6.18. The van der Waals surface area contributed by atoms with Crippen molar-refractivity contribution in [3.05, 3.63) is 90.0 Å². The van der Waals surface area contributed by atoms with Gasteiger partial charge in [-0.05, 0) is 60.4 Å². The molecule has 0 amide bonds. The highest BCUT2D eigenvalue weighted by molar-refractivity contribution is 5.32. The van der Waals surface area contributed by atoms with Crippen molar-refractivity contribution in [3.63, 3.8) is 0 Å². The van der Waals surface area contributed by atoms with Gasteiger partial charge in [-0.25, -0.2) is 0 Å². The van der Waals surface area contributed by atoms with Crippen LogP contribution in [0.5, 0.6) is 17.2 Å². The lowest BCUT2D eigenvalue weighted by Gasteiger charge is -2.22. The summed E-state index contributed by atoms with van der Waals surface area (Å²) in [4.78, 5) is 0. The molecule has 1 N–H and O–H groups in total. The highest BCUT2D eigenvalue weighted by Gasteiger charge is 2.11. The predicted molar refractivity (Wildman–Crippen MR) is 139 cm³/mol. The summed E-state index contributed by atoms with van der Waals surface area (Å²) in [6.07, 6.45) is 6.71. The van der Waals surface area contributed by atoms with E-state index in [0.717, 1.165) is 41.5 Å². The van der Waals surface area contributed by atoms with Crippen molar-refractivity contribution < 1.29 is 18.9 Å². The van der Waals surface area contributed by atoms with Gasteiger partial charge < -0.3 is 24.3 Å². The molecule has 35 heavy (non-hydrogen) atoms. The molecule has 0 aliphatic heterocycles. The molecule has 0 bridgehead atoms. The quantitative estimate of drug-likeness (QED) is 0.283. The third kappa shape index (κ3) is 9.27. The molecule has 3 aromatic carbocycles. The SMILES string of the molecule is c1ccc(COc2ccc(COc3ccc(OCCOCCNC4CCCCC4)cc3)cc2)cc1. The lowest BCUT2D eigenvalue weighted by Crippen LogP contribution is -2.33. The molecule has 1 aliphatic rings. The fraction of sp³-hybridized carbons (Fsp3) is 0.400. The first-order valence-electron chi connectivity index (χ1n) is 12.8. The van der Waals surface area contributed by atoms with Gasteiger partial charge in [0.05, 0.1) is 13.2 Å². The number of hydrogen-bond donors (Lipinski definition) is 1. The number of hydrogen-bond acceptors (Lipinski definition) is 5. The number of rotatable bonds is 14. The molecule has 0 radical (unpaired) electrons. The lowest BCUT2D eigenvalue weighted by atomic mass is 9.96. The minimum atomic E-state index is 0.502. The van der Waals surface area contributed by atoms with Crippen molar-refractivity contribution >= 4 is 0 Å². The van der Waals surface area contributed by atoms with Gasteiger partial charge in [0.2, 0.25) is 0 Å². The molecule has 0 saturated heterocycles. The maximum atomic E-state index is 5.91. The normalized spacial score (nSPS) is 13.9. The molecule has 0 heterocycles. The molecule has 0 aromatic heterocycles. The highest BCUT2D eigenvalue weighted by atomic mass is 16.5. The first-order valence-corrected chi connectivity index (χ1v) is 12.8. The van der Waals surface area contributed by atoms with Gasteiger partial charge >= 0.3 is 0 Å². The van der Waals surface area contributed by atoms with Crippen molar-refractivity contribution in [3.8, 4) is 17.2 Å². The first kappa shape index (κ1) is 25.1. The van der Waals surface area contributed by atoms with Crippen LogP contribution in [-0.2, 0) is 18.0 Å². The maximum Gasteiger partial charge on any atom is 0.120 e. The lowest BCUT2D eigenvalue weighted by molar-refractivity contribution is 0.0993. The molecule has 5 heteroatoms. The number of ether oxygens (including phenoxy) is 4. The van der Waals surface area contributed by atoms with Crippen LogP contribution in [-0.4, -0.2) is 32.4 Å². The molecule has 4 rings (SSSR count). The van der Waals surface area contributed by atoms with Gasteiger partial charge in [0.1, 0.15) is 37.1 Å². The van der Waals surface area contributed by atoms with E-state index in [4.69, 9.17) is 18.9 Å². The van der Waals surface area contributed by atoms with Gasteiger partial charge in [0.15, 0.2) is 0 Å². The predicted octanol–water partition coefficient (Wildman–Crippen LogP) is 6.16. The van der Waals surface area contributed by atoms with Crippen molar-refractivity contribution in [2.45, 2.75) is 51.4 Å². The Labute approximate surface area is 209 Å². The van der Waals surface area contributed by atoms with Crippen molar-refractivity contribution in [2.75, 3.05) is 26.4 Å². The van der Waals surface area contributed by atoms with E-state index in [-0.39, 0.29) is 0 Å². The van der Waals surface area contributed by atoms with Crippen LogP contribution in [0.4, 0.5) is 0 Å². The monoisotopic (exact) mass is 475 g/mol. The Balaban J connectivity index is 1.07. The second-order valence-electron chi connectivity index (χ2n) is 8.93. The van der Waals surface area contributed by atoms with Gasteiger partial charge in [-0.1, -0.05) is 61.7 Å². The molecule has 0 atom stereocenters. The molecule has 1 fully saturated rings. The summed E-state index contributed by atoms with van der Waals surface area (Å²) in [6, 6.07) is 26.6. The Bertz CT molecular complexity index is 954. The summed E-state index contributed by atoms with van der Waals surface area (Å²) in [5.41, 5.74) is 2.24. The van der Waals surface area contributed by atoms with Gasteiger partial charge in [-0.2, -0.15) is 0 Å². The van der Waals surface area contributed by atoms with Gasteiger partial charge in [-0.15, -0.1) is 0 Å². The van der Waals surface area contributed by atoms with E-state index in [1.807, 2.05) is 66.7 Å². The van der Waals surface area contributed by atoms with Gasteiger partial charge in [0.25, 0.3) is 0 Å². The van der Waals surface area contributed by atoms with Crippen molar-refractivity contribution in [1.29, 1.82) is 0 Å². The van der Waals surface area contributed by atoms with Crippen LogP contribution in [0.15, 0.2) is 78.9 Å². The molecule has 0 spiro atoms. The molecule has 186 valence electrons. The van der Waals surface area contributed by atoms with Crippen LogP contribution in [0.1, 0.15) is 43.2 Å². The van der Waals surface area contributed by atoms with Crippen LogP contribution >= 0.6 is 0 Å². The third-order valence-corrected chi connectivity index (χ3v) is 6.18. The Morgan fingerprint density at radius 3 is 1.80 bits per heavy atom. The Morgan fingerprint density at radius 1 is 0.571 bits per heavy atom. The molecular weight excluding hydrogens is 438 g/mol. The van der Waals surface area contributed by atoms with E-state index in [1.54, 1.807) is 0 Å². The average Bonchev–Trinajstić information content (AvgIpc) is 2.92. The van der Waals surface area contributed by atoms with Crippen LogP contribution < -0.4 is 19.5 Å². The standard InChI is InChI=1S/C30H37NO4/c1-3-7-25(8-4-1)23-34-29-13-11-26(12-14-29)24-35-30-17-15-28(16-18-30)33-22-21-32-20-19-31-27-9-5-2-6-10-27/h1,3-4,7-8,11-18,27,31H,2,5-6,9-10,19-24H2. The fourth-order valence-corrected chi connectivity index (χ4v) is 4.18. The second kappa shape index (κ2) is 14.4. The maximum absolute atomic E-state index is 5.91. The molecule has 3 aromatic rings. The summed E-state index contributed by atoms with van der Waals surface area (Å²) in [7, 11) is 0. The van der Waals surface area contributed by atoms with E-state index < -0.39 is 0 Å². The highest BCUT2D eigenvalue weighted by Crippen LogP contribution is 2.20. The Hall–Kier alpha value is -3.02. The van der Waals surface area contributed by atoms with E-state index >= 15 is 0 Å². The molecule has 5 nitrogen and oxygen atoms in total. The zero-order valence-corrected chi connectivity index (χ0v) is 20.5. The van der Waals surface area contributed by atoms with Crippen molar-refractivity contribution in [1.82, 2.24) is 5.32 Å². The number of benzene rings is 3. The number of nitrogens with one attached hydrogen (secondary N) is 1. The van der Waals surface area contributed by atoms with Crippen LogP contribution in [0.2, 0.25) is 0 Å². The minimum Gasteiger partial charge on any atom is -0.491 e. The van der Waals surface area contributed by atoms with Crippen LogP contribution in [0.25, 0.3) is 0 Å². The summed E-state index contributed by atoms with van der Waals surface area (Å²) in [5, 5.41) is 3.59. The van der Waals surface area contributed by atoms with E-state index in [2.05, 4.69) is 17.4 Å². The zero-order valence-electron chi connectivity index (χ0n) is 20.5. The first-order chi connectivity index (χ1) is 17.3. The second-order valence-corrected chi connectivity index (χ2v) is 8.93. The largest absolute Gasteiger partial charge is 0.491 e. The summed E-state index contributed by atoms with van der Waals surface area (Å²) < 4.78 is 23.2. The summed E-state index contributed by atoms with van der Waals surface area (Å²) >= 11 is 0. The van der Waals surface area contributed by atoms with E-state index in [9.17, 15) is 0 Å². The molecule has 1 saturated carbocycles. The van der Waals surface area contributed by atoms with E-state index in [0.29, 0.717) is 32.5 Å². The average molecular weight is 476 g/mol. The minimum absolute atomic E-state index is 0.502. The molecule has 1 aliphatic carbocycles. The van der Waals surface area contributed by atoms with E-state index in [1.165, 1.54) is 32.1 Å². The molecular formula is C30H37NO4. The van der Waals surface area contributed by atoms with Gasteiger partial charge in [-0.3, -0.25) is 0 Å². The summed E-state index contributed by atoms with van der Waals surface area (Å²) in [5.74, 6) is 2.48. The zero-order chi connectivity index (χ0) is 24.0. The van der Waals surface area contributed by atoms with Crippen LogP contribution in [0.3, 0.4) is 0 Å². The van der Waals surface area contributed by atoms with Crippen LogP contribution in [0, 0.1) is 0 Å². The topological polar surface area (TPSA) is 49.0 Å². The van der Waals surface area contributed by atoms with Gasteiger partial charge in [0, 0.05) is 12.6 Å². The Morgan fingerprint density at radius 2 is 1.14 bits per heavy atom. The smallest absolute Gasteiger partial charge is 0.120 e. The summed E-state index contributed by atoms with van der Waals surface area (Å²) in [6.45, 7) is 3.85. The van der Waals surface area contributed by atoms with Crippen molar-refractivity contribution in [2.24, 2.45) is 0 Å². The Kier molecular flexibility index (Phi) is 10.3. The molecule has 0 unspecified atom stereocenters. The fourth-order valence-electron chi connectivity index (χ4n) is 4.18.